The lowest BCUT2D eigenvalue weighted by Gasteiger charge is -2.29. The van der Waals surface area contributed by atoms with Crippen molar-refractivity contribution >= 4 is 38.4 Å². The van der Waals surface area contributed by atoms with Crippen molar-refractivity contribution < 1.29 is 22.7 Å². The number of amides is 1. The summed E-state index contributed by atoms with van der Waals surface area (Å²) in [6, 6.07) is 22.9. The van der Waals surface area contributed by atoms with Gasteiger partial charge in [0.2, 0.25) is 0 Å². The minimum Gasteiger partial charge on any atom is -0.496 e. The molecule has 1 N–H and O–H groups in total. The van der Waals surface area contributed by atoms with Crippen molar-refractivity contribution in [1.82, 2.24) is 9.71 Å². The highest BCUT2D eigenvalue weighted by Gasteiger charge is 2.51. The third-order valence-electron chi connectivity index (χ3n) is 6.67. The summed E-state index contributed by atoms with van der Waals surface area (Å²) < 4.78 is 41.3. The largest absolute Gasteiger partial charge is 0.496 e. The number of benzene rings is 3. The number of sulfonamides is 1. The molecule has 1 fully saturated rings. The molecule has 1 saturated heterocycles. The number of aromatic nitrogens is 1. The zero-order valence-corrected chi connectivity index (χ0v) is 21.8. The maximum Gasteiger partial charge on any atom is 0.270 e. The molecule has 7 nitrogen and oxygen atoms in total. The van der Waals surface area contributed by atoms with E-state index >= 15 is 0 Å². The minimum atomic E-state index is -4.30. The fourth-order valence-corrected chi connectivity index (χ4v) is 6.24. The molecule has 2 atom stereocenters. The van der Waals surface area contributed by atoms with Gasteiger partial charge in [-0.1, -0.05) is 59.6 Å². The Balaban J connectivity index is 1.58. The zero-order chi connectivity index (χ0) is 26.2. The number of rotatable bonds is 6. The third-order valence-corrected chi connectivity index (χ3v) is 8.27. The van der Waals surface area contributed by atoms with Gasteiger partial charge in [0.25, 0.3) is 15.9 Å². The van der Waals surface area contributed by atoms with Gasteiger partial charge < -0.3 is 9.47 Å². The van der Waals surface area contributed by atoms with E-state index in [4.69, 9.17) is 21.1 Å². The van der Waals surface area contributed by atoms with E-state index in [0.29, 0.717) is 22.2 Å². The number of aryl methyl sites for hydroxylation is 1. The molecule has 4 aromatic rings. The van der Waals surface area contributed by atoms with Gasteiger partial charge in [-0.15, -0.1) is 0 Å². The number of fused-ring (bicyclic) bond motifs is 1. The van der Waals surface area contributed by atoms with E-state index in [1.165, 1.54) is 19.2 Å². The number of pyridine rings is 1. The van der Waals surface area contributed by atoms with Gasteiger partial charge in [-0.3, -0.25) is 4.79 Å². The SMILES string of the molecule is COc1ccc(C)cc1C1(C(=O)NS(=O)(=O)c2cccc3nc(Cl)ccc23)CC(c2ccccc2)CO1. The highest BCUT2D eigenvalue weighted by Crippen LogP contribution is 2.47. The van der Waals surface area contributed by atoms with Gasteiger partial charge in [-0.25, -0.2) is 18.1 Å². The second-order valence-electron chi connectivity index (χ2n) is 9.04. The third kappa shape index (κ3) is 4.68. The Labute approximate surface area is 220 Å². The molecule has 5 rings (SSSR count). The van der Waals surface area contributed by atoms with Crippen LogP contribution in [0, 0.1) is 6.92 Å². The summed E-state index contributed by atoms with van der Waals surface area (Å²) in [6.45, 7) is 2.13. The van der Waals surface area contributed by atoms with Crippen LogP contribution >= 0.6 is 11.6 Å². The Morgan fingerprint density at radius 1 is 1.08 bits per heavy atom. The van der Waals surface area contributed by atoms with Crippen LogP contribution in [-0.4, -0.2) is 33.0 Å². The van der Waals surface area contributed by atoms with Gasteiger partial charge in [0, 0.05) is 16.9 Å². The van der Waals surface area contributed by atoms with Crippen molar-refractivity contribution in [3.05, 3.63) is 101 Å². The summed E-state index contributed by atoms with van der Waals surface area (Å²) in [7, 11) is -2.79. The average molecular weight is 537 g/mol. The molecule has 1 aromatic heterocycles. The topological polar surface area (TPSA) is 94.6 Å². The van der Waals surface area contributed by atoms with Crippen molar-refractivity contribution in [3.63, 3.8) is 0 Å². The molecule has 190 valence electrons. The summed E-state index contributed by atoms with van der Waals surface area (Å²) in [5.41, 5.74) is 1.18. The molecule has 37 heavy (non-hydrogen) atoms. The first kappa shape index (κ1) is 25.2. The Bertz CT molecular complexity index is 1590. The molecule has 1 aliphatic rings. The molecule has 9 heteroatoms. The second-order valence-corrected chi connectivity index (χ2v) is 11.1. The Kier molecular flexibility index (Phi) is 6.66. The predicted molar refractivity (Wildman–Crippen MR) is 141 cm³/mol. The van der Waals surface area contributed by atoms with Crippen molar-refractivity contribution in [2.45, 2.75) is 29.8 Å². The molecule has 2 unspecified atom stereocenters. The number of methoxy groups -OCH3 is 1. The van der Waals surface area contributed by atoms with Gasteiger partial charge in [0.15, 0.2) is 5.60 Å². The summed E-state index contributed by atoms with van der Waals surface area (Å²) >= 11 is 5.99. The number of hydrogen-bond acceptors (Lipinski definition) is 6. The first-order chi connectivity index (χ1) is 17.7. The molecular formula is C28H25ClN2O5S. The van der Waals surface area contributed by atoms with E-state index in [2.05, 4.69) is 9.71 Å². The predicted octanol–water partition coefficient (Wildman–Crippen LogP) is 5.11. The van der Waals surface area contributed by atoms with Crippen LogP contribution in [0.2, 0.25) is 5.15 Å². The van der Waals surface area contributed by atoms with Gasteiger partial charge in [-0.2, -0.15) is 0 Å². The van der Waals surface area contributed by atoms with Crippen LogP contribution < -0.4 is 9.46 Å². The van der Waals surface area contributed by atoms with Crippen LogP contribution in [0.25, 0.3) is 10.9 Å². The quantitative estimate of drug-likeness (QED) is 0.344. The number of hydrogen-bond donors (Lipinski definition) is 1. The summed E-state index contributed by atoms with van der Waals surface area (Å²) in [4.78, 5) is 18.1. The van der Waals surface area contributed by atoms with Crippen LogP contribution in [-0.2, 0) is 25.2 Å². The van der Waals surface area contributed by atoms with Gasteiger partial charge >= 0.3 is 0 Å². The number of halogens is 1. The fraction of sp³-hybridized carbons (Fsp3) is 0.214. The highest BCUT2D eigenvalue weighted by molar-refractivity contribution is 7.90. The van der Waals surface area contributed by atoms with E-state index in [1.54, 1.807) is 24.3 Å². The number of carbonyl (C=O) groups excluding carboxylic acids is 1. The van der Waals surface area contributed by atoms with Gasteiger partial charge in [0.05, 0.1) is 24.1 Å². The normalized spacial score (nSPS) is 19.6. The Morgan fingerprint density at radius 3 is 2.62 bits per heavy atom. The lowest BCUT2D eigenvalue weighted by Crippen LogP contribution is -2.46. The Morgan fingerprint density at radius 2 is 1.86 bits per heavy atom. The van der Waals surface area contributed by atoms with Crippen molar-refractivity contribution in [1.29, 1.82) is 0 Å². The minimum absolute atomic E-state index is 0.0773. The van der Waals surface area contributed by atoms with Crippen LogP contribution in [0.3, 0.4) is 0 Å². The summed E-state index contributed by atoms with van der Waals surface area (Å²) in [5.74, 6) is -0.464. The van der Waals surface area contributed by atoms with E-state index in [-0.39, 0.29) is 29.0 Å². The van der Waals surface area contributed by atoms with Crippen molar-refractivity contribution in [2.75, 3.05) is 13.7 Å². The van der Waals surface area contributed by atoms with Crippen LogP contribution in [0.1, 0.15) is 29.0 Å². The van der Waals surface area contributed by atoms with Crippen molar-refractivity contribution in [2.24, 2.45) is 0 Å². The molecular weight excluding hydrogens is 512 g/mol. The van der Waals surface area contributed by atoms with E-state index in [9.17, 15) is 13.2 Å². The molecule has 1 aliphatic heterocycles. The number of nitrogens with one attached hydrogen (secondary N) is 1. The molecule has 0 bridgehead atoms. The van der Waals surface area contributed by atoms with E-state index in [1.807, 2.05) is 49.4 Å². The molecule has 2 heterocycles. The maximum absolute atomic E-state index is 14.0. The molecule has 0 spiro atoms. The summed E-state index contributed by atoms with van der Waals surface area (Å²) in [5, 5.41) is 0.590. The highest BCUT2D eigenvalue weighted by atomic mass is 35.5. The zero-order valence-electron chi connectivity index (χ0n) is 20.3. The number of carbonyl (C=O) groups is 1. The van der Waals surface area contributed by atoms with Gasteiger partial charge in [0.1, 0.15) is 10.9 Å². The monoisotopic (exact) mass is 536 g/mol. The lowest BCUT2D eigenvalue weighted by molar-refractivity contribution is -0.140. The first-order valence-electron chi connectivity index (χ1n) is 11.7. The molecule has 0 saturated carbocycles. The van der Waals surface area contributed by atoms with Gasteiger partial charge in [-0.05, 0) is 55.3 Å². The maximum atomic E-state index is 14.0. The average Bonchev–Trinajstić information content (AvgIpc) is 3.35. The molecule has 0 aliphatic carbocycles. The van der Waals surface area contributed by atoms with E-state index in [0.717, 1.165) is 11.1 Å². The first-order valence-corrected chi connectivity index (χ1v) is 13.6. The van der Waals surface area contributed by atoms with E-state index < -0.39 is 21.5 Å². The number of nitrogens with zero attached hydrogens (tertiary/aromatic N) is 1. The Hall–Kier alpha value is -3.46. The van der Waals surface area contributed by atoms with Crippen LogP contribution in [0.15, 0.2) is 83.8 Å². The molecule has 1 amide bonds. The standard InChI is InChI=1S/C28H25ClN2O5S/c1-18-11-13-24(35-2)22(15-18)28(16-20(17-36-28)19-7-4-3-5-8-19)27(32)31-37(33,34)25-10-6-9-23-21(25)12-14-26(29)30-23/h3-15,20H,16-17H2,1-2H3,(H,31,32). The number of ether oxygens (including phenoxy) is 2. The summed E-state index contributed by atoms with van der Waals surface area (Å²) in [6.07, 6.45) is 0.241. The second kappa shape index (κ2) is 9.78. The molecule has 0 radical (unpaired) electrons. The molecule has 3 aromatic carbocycles. The smallest absolute Gasteiger partial charge is 0.270 e. The lowest BCUT2D eigenvalue weighted by atomic mass is 9.83. The van der Waals surface area contributed by atoms with Crippen LogP contribution in [0.5, 0.6) is 5.75 Å². The van der Waals surface area contributed by atoms with Crippen molar-refractivity contribution in [3.8, 4) is 5.75 Å². The fourth-order valence-electron chi connectivity index (χ4n) is 4.85. The van der Waals surface area contributed by atoms with Crippen LogP contribution in [0.4, 0.5) is 0 Å².